The van der Waals surface area contributed by atoms with Crippen molar-refractivity contribution in [3.8, 4) is 11.5 Å². The van der Waals surface area contributed by atoms with Crippen LogP contribution in [0.4, 0.5) is 17.6 Å². The Hall–Kier alpha value is -6.69. The molecular formula is C49H45Cl2F4N6O9P. The number of hydrogen-bond acceptors (Lipinski definition) is 9. The van der Waals surface area contributed by atoms with Crippen molar-refractivity contribution < 1.29 is 59.9 Å². The van der Waals surface area contributed by atoms with Gasteiger partial charge in [0.15, 0.2) is 11.6 Å². The molecule has 2 saturated heterocycles. The molecule has 372 valence electrons. The van der Waals surface area contributed by atoms with Crippen LogP contribution in [0.15, 0.2) is 85.2 Å². The molecule has 4 aromatic carbocycles. The average Bonchev–Trinajstić information content (AvgIpc) is 4.10. The number of fused-ring (bicyclic) bond motifs is 2. The zero-order chi connectivity index (χ0) is 51.1. The first kappa shape index (κ1) is 50.7. The van der Waals surface area contributed by atoms with E-state index in [9.17, 15) is 50.9 Å². The van der Waals surface area contributed by atoms with Crippen molar-refractivity contribution in [1.29, 1.82) is 0 Å². The fourth-order valence-corrected chi connectivity index (χ4v) is 10.4. The lowest BCUT2D eigenvalue weighted by Crippen LogP contribution is -2.46. The Morgan fingerprint density at radius 2 is 1.04 bits per heavy atom. The predicted octanol–water partition coefficient (Wildman–Crippen LogP) is 8.38. The second kappa shape index (κ2) is 20.6. The van der Waals surface area contributed by atoms with Gasteiger partial charge in [-0.05, 0) is 50.2 Å². The molecule has 0 radical (unpaired) electrons. The summed E-state index contributed by atoms with van der Waals surface area (Å²) in [5.74, 6) is -4.84. The van der Waals surface area contributed by atoms with Crippen molar-refractivity contribution >= 4 is 87.8 Å². The van der Waals surface area contributed by atoms with E-state index < -0.39 is 80.4 Å². The van der Waals surface area contributed by atoms with Gasteiger partial charge in [-0.25, -0.2) is 22.1 Å². The van der Waals surface area contributed by atoms with Crippen molar-refractivity contribution in [1.82, 2.24) is 29.6 Å². The van der Waals surface area contributed by atoms with Gasteiger partial charge in [-0.2, -0.15) is 0 Å². The SMILES string of the molecule is CC(=O)c1cn(CC(=O)N2C[C@H](F)C[C@H]2C(=O)NCc2cccc(Cl)c2F)c2cc(OP(C)(=O)Oc3ccc4c(C(C)=O)cn(CC(=O)N5C[C@H](F)C[C@H]5C(=O)NCc5cccc(Cl)c5F)c4c3)ccc12. The van der Waals surface area contributed by atoms with Crippen LogP contribution in [-0.2, 0) is 49.9 Å². The number of aromatic nitrogens is 2. The van der Waals surface area contributed by atoms with Crippen LogP contribution in [0.1, 0.15) is 58.5 Å². The fraction of sp³-hybridized carbons (Fsp3) is 0.306. The standard InChI is InChI=1S/C49H45Cl2F4N6O9P/c1-26(62)36-22-58(24-44(64)60-20-30(52)14-42(60)48(66)56-18-28-6-4-8-38(50)46(28)54)40-16-32(10-12-34(36)40)69-71(3,68)70-33-11-13-35-37(27(2)63)23-59(41(35)17-33)25-45(65)61-21-31(53)15-43(61)49(67)57-19-29-7-5-9-39(51)47(29)55/h4-13,16-17,22-23,30-31,42-43H,14-15,18-21,24-25H2,1-3H3,(H,56,66)(H,57,67)/t30-,31-,42+,43+/m1/s1. The van der Waals surface area contributed by atoms with Crippen molar-refractivity contribution in [2.75, 3.05) is 19.8 Å². The average molecular weight is 1040 g/mol. The number of rotatable bonds is 16. The van der Waals surface area contributed by atoms with Crippen LogP contribution in [-0.4, -0.2) is 98.3 Å². The molecule has 0 saturated carbocycles. The minimum atomic E-state index is -4.10. The number of benzene rings is 4. The number of carbonyl (C=O) groups excluding carboxylic acids is 6. The Kier molecular flexibility index (Phi) is 14.7. The largest absolute Gasteiger partial charge is 0.427 e. The molecule has 4 amide bonds. The second-order valence-electron chi connectivity index (χ2n) is 17.4. The number of nitrogens with zero attached hydrogens (tertiary/aromatic N) is 4. The molecule has 2 aliphatic rings. The summed E-state index contributed by atoms with van der Waals surface area (Å²) in [6, 6.07) is 15.0. The molecule has 4 heterocycles. The minimum absolute atomic E-state index is 0.00252. The smallest absolute Gasteiger partial charge is 0.416 e. The molecule has 0 unspecified atom stereocenters. The maximum atomic E-state index is 14.8. The molecule has 71 heavy (non-hydrogen) atoms. The molecular weight excluding hydrogens is 994 g/mol. The first-order valence-electron chi connectivity index (χ1n) is 22.2. The zero-order valence-electron chi connectivity index (χ0n) is 38.2. The van der Waals surface area contributed by atoms with E-state index >= 15 is 0 Å². The van der Waals surface area contributed by atoms with E-state index in [-0.39, 0.29) is 94.4 Å². The van der Waals surface area contributed by atoms with Gasteiger partial charge in [0.2, 0.25) is 23.6 Å². The number of amides is 4. The first-order chi connectivity index (χ1) is 33.7. The summed E-state index contributed by atoms with van der Waals surface area (Å²) in [6.07, 6.45) is -0.775. The van der Waals surface area contributed by atoms with Crippen LogP contribution < -0.4 is 19.7 Å². The van der Waals surface area contributed by atoms with E-state index in [4.69, 9.17) is 32.2 Å². The van der Waals surface area contributed by atoms with Gasteiger partial charge < -0.3 is 38.6 Å². The Bertz CT molecular complexity index is 3000. The number of nitrogens with one attached hydrogen (secondary N) is 2. The number of likely N-dealkylation sites (tertiary alicyclic amines) is 2. The lowest BCUT2D eigenvalue weighted by molar-refractivity contribution is -0.139. The third kappa shape index (κ3) is 11.0. The highest BCUT2D eigenvalue weighted by atomic mass is 35.5. The normalized spacial score (nSPS) is 18.0. The molecule has 15 nitrogen and oxygen atoms in total. The molecule has 2 N–H and O–H groups in total. The number of Topliss-reactive ketones (excluding diaryl/α,β-unsaturated/α-hetero) is 2. The molecule has 0 spiro atoms. The Morgan fingerprint density at radius 1 is 0.648 bits per heavy atom. The second-order valence-corrected chi connectivity index (χ2v) is 20.1. The van der Waals surface area contributed by atoms with Gasteiger partial charge in [0.05, 0.1) is 40.8 Å². The molecule has 2 aliphatic heterocycles. The van der Waals surface area contributed by atoms with Gasteiger partial charge in [0.25, 0.3) is 0 Å². The van der Waals surface area contributed by atoms with Gasteiger partial charge in [-0.3, -0.25) is 28.8 Å². The van der Waals surface area contributed by atoms with E-state index in [1.807, 2.05) is 0 Å². The molecule has 22 heteroatoms. The number of alkyl halides is 2. The van der Waals surface area contributed by atoms with Crippen molar-refractivity contribution in [2.45, 2.75) is 77.3 Å². The van der Waals surface area contributed by atoms with E-state index in [0.29, 0.717) is 21.8 Å². The van der Waals surface area contributed by atoms with E-state index in [1.165, 1.54) is 115 Å². The monoisotopic (exact) mass is 1040 g/mol. The Balaban J connectivity index is 0.977. The van der Waals surface area contributed by atoms with Crippen molar-refractivity contribution in [3.63, 3.8) is 0 Å². The Labute approximate surface area is 413 Å². The van der Waals surface area contributed by atoms with Crippen LogP contribution in [0.25, 0.3) is 21.8 Å². The maximum absolute atomic E-state index is 14.8. The van der Waals surface area contributed by atoms with Gasteiger partial charge in [0.1, 0.15) is 60.7 Å². The molecule has 0 aliphatic carbocycles. The van der Waals surface area contributed by atoms with Crippen LogP contribution >= 0.6 is 30.8 Å². The van der Waals surface area contributed by atoms with Crippen molar-refractivity contribution in [3.05, 3.63) is 129 Å². The summed E-state index contributed by atoms with van der Waals surface area (Å²) in [7, 11) is -4.10. The molecule has 4 atom stereocenters. The van der Waals surface area contributed by atoms with Crippen molar-refractivity contribution in [2.24, 2.45) is 0 Å². The summed E-state index contributed by atoms with van der Waals surface area (Å²) in [5, 5.41) is 5.64. The van der Waals surface area contributed by atoms with Crippen LogP contribution in [0.3, 0.4) is 0 Å². The summed E-state index contributed by atoms with van der Waals surface area (Å²) in [5.41, 5.74) is 1.25. The predicted molar refractivity (Wildman–Crippen MR) is 255 cm³/mol. The number of hydrogen-bond donors (Lipinski definition) is 2. The summed E-state index contributed by atoms with van der Waals surface area (Å²) < 4.78 is 87.3. The van der Waals surface area contributed by atoms with Crippen LogP contribution in [0.5, 0.6) is 11.5 Å². The highest BCUT2D eigenvalue weighted by Gasteiger charge is 2.41. The third-order valence-electron chi connectivity index (χ3n) is 12.3. The fourth-order valence-electron chi connectivity index (χ4n) is 8.94. The van der Waals surface area contributed by atoms with Crippen LogP contribution in [0.2, 0.25) is 10.0 Å². The third-order valence-corrected chi connectivity index (χ3v) is 14.0. The topological polar surface area (TPSA) is 178 Å². The number of halogens is 6. The molecule has 8 rings (SSSR count). The molecule has 0 bridgehead atoms. The number of ketones is 2. The van der Waals surface area contributed by atoms with Gasteiger partial charge in [-0.1, -0.05) is 47.5 Å². The van der Waals surface area contributed by atoms with Gasteiger partial charge in [0, 0.05) is 83.5 Å². The van der Waals surface area contributed by atoms with Gasteiger partial charge in [-0.15, -0.1) is 0 Å². The van der Waals surface area contributed by atoms with Gasteiger partial charge >= 0.3 is 7.60 Å². The lowest BCUT2D eigenvalue weighted by atomic mass is 10.1. The van der Waals surface area contributed by atoms with Crippen LogP contribution in [0, 0.1) is 11.6 Å². The number of carbonyl (C=O) groups is 6. The molecule has 2 fully saturated rings. The first-order valence-corrected chi connectivity index (χ1v) is 24.9. The van der Waals surface area contributed by atoms with E-state index in [1.54, 1.807) is 0 Å². The highest BCUT2D eigenvalue weighted by Crippen LogP contribution is 2.46. The quantitative estimate of drug-likeness (QED) is 0.0548. The lowest BCUT2D eigenvalue weighted by Gasteiger charge is -2.24. The summed E-state index contributed by atoms with van der Waals surface area (Å²) >= 11 is 11.7. The molecule has 6 aromatic rings. The Morgan fingerprint density at radius 3 is 1.42 bits per heavy atom. The minimum Gasteiger partial charge on any atom is -0.416 e. The maximum Gasteiger partial charge on any atom is 0.427 e. The van der Waals surface area contributed by atoms with E-state index in [2.05, 4.69) is 10.6 Å². The summed E-state index contributed by atoms with van der Waals surface area (Å²) in [6.45, 7) is 1.68. The molecule has 2 aromatic heterocycles. The highest BCUT2D eigenvalue weighted by molar-refractivity contribution is 7.53. The zero-order valence-corrected chi connectivity index (χ0v) is 40.6. The summed E-state index contributed by atoms with van der Waals surface area (Å²) in [4.78, 5) is 81.8. The van der Waals surface area contributed by atoms with E-state index in [0.717, 1.165) is 9.80 Å².